The van der Waals surface area contributed by atoms with E-state index in [4.69, 9.17) is 14.7 Å². The minimum absolute atomic E-state index is 0.0666. The van der Waals surface area contributed by atoms with Gasteiger partial charge < -0.3 is 10.2 Å². The predicted molar refractivity (Wildman–Crippen MR) is 74.9 cm³/mol. The van der Waals surface area contributed by atoms with Crippen LogP contribution in [0.2, 0.25) is 0 Å². The number of hydrogen-bond acceptors (Lipinski definition) is 5. The summed E-state index contributed by atoms with van der Waals surface area (Å²) in [7, 11) is -4.02. The molecule has 6 nitrogen and oxygen atoms in total. The van der Waals surface area contributed by atoms with Gasteiger partial charge in [-0.2, -0.15) is 8.42 Å². The van der Waals surface area contributed by atoms with Crippen molar-refractivity contribution >= 4 is 10.1 Å². The SMILES string of the molecule is Cc1ccc(S(=O)(=O)O)cc1.Cc1nc(C)c(CN)o1. The fourth-order valence-electron chi connectivity index (χ4n) is 1.47. The summed E-state index contributed by atoms with van der Waals surface area (Å²) in [6.45, 7) is 5.98. The van der Waals surface area contributed by atoms with Gasteiger partial charge >= 0.3 is 0 Å². The molecule has 7 heteroatoms. The Morgan fingerprint density at radius 1 is 1.20 bits per heavy atom. The van der Waals surface area contributed by atoms with E-state index in [2.05, 4.69) is 4.98 Å². The Morgan fingerprint density at radius 3 is 2.05 bits per heavy atom. The Kier molecular flexibility index (Phi) is 5.43. The van der Waals surface area contributed by atoms with Crippen LogP contribution in [0.1, 0.15) is 22.9 Å². The van der Waals surface area contributed by atoms with Crippen LogP contribution in [0.25, 0.3) is 0 Å². The van der Waals surface area contributed by atoms with Gasteiger partial charge in [0.1, 0.15) is 5.76 Å². The molecule has 2 rings (SSSR count). The first-order valence-corrected chi connectivity index (χ1v) is 7.35. The number of oxazole rings is 1. The van der Waals surface area contributed by atoms with Crippen LogP contribution >= 0.6 is 0 Å². The lowest BCUT2D eigenvalue weighted by Crippen LogP contribution is -1.96. The third kappa shape index (κ3) is 4.76. The summed E-state index contributed by atoms with van der Waals surface area (Å²) in [5.41, 5.74) is 7.18. The lowest BCUT2D eigenvalue weighted by Gasteiger charge is -1.95. The van der Waals surface area contributed by atoms with Gasteiger partial charge in [-0.3, -0.25) is 4.55 Å². The standard InChI is InChI=1S/C7H8O3S.C6H10N2O/c1-6-2-4-7(5-3-6)11(8,9)10;1-4-6(3-7)9-5(2)8-4/h2-5H,1H3,(H,8,9,10);3,7H2,1-2H3. The zero-order valence-corrected chi connectivity index (χ0v) is 12.4. The Balaban J connectivity index is 0.000000204. The highest BCUT2D eigenvalue weighted by molar-refractivity contribution is 7.85. The van der Waals surface area contributed by atoms with E-state index in [1.807, 2.05) is 20.8 Å². The molecule has 0 fully saturated rings. The summed E-state index contributed by atoms with van der Waals surface area (Å²) in [5.74, 6) is 1.47. The van der Waals surface area contributed by atoms with Crippen molar-refractivity contribution in [3.63, 3.8) is 0 Å². The average molecular weight is 298 g/mol. The van der Waals surface area contributed by atoms with E-state index in [1.54, 1.807) is 12.1 Å². The minimum Gasteiger partial charge on any atom is -0.444 e. The molecule has 0 radical (unpaired) electrons. The first-order valence-electron chi connectivity index (χ1n) is 5.91. The zero-order valence-electron chi connectivity index (χ0n) is 11.6. The van der Waals surface area contributed by atoms with Gasteiger partial charge in [-0.05, 0) is 26.0 Å². The minimum atomic E-state index is -4.02. The van der Waals surface area contributed by atoms with Gasteiger partial charge in [0, 0.05) is 6.92 Å². The van der Waals surface area contributed by atoms with E-state index in [-0.39, 0.29) is 4.90 Å². The van der Waals surface area contributed by atoms with Crippen molar-refractivity contribution in [2.24, 2.45) is 5.73 Å². The monoisotopic (exact) mass is 298 g/mol. The van der Waals surface area contributed by atoms with Crippen LogP contribution < -0.4 is 5.73 Å². The molecule has 0 atom stereocenters. The van der Waals surface area contributed by atoms with Crippen LogP contribution in [0.5, 0.6) is 0 Å². The maximum absolute atomic E-state index is 10.5. The molecular formula is C13H18N2O4S. The number of hydrogen-bond donors (Lipinski definition) is 2. The number of benzene rings is 1. The highest BCUT2D eigenvalue weighted by Gasteiger charge is 2.06. The molecular weight excluding hydrogens is 280 g/mol. The van der Waals surface area contributed by atoms with Crippen LogP contribution in [0.3, 0.4) is 0 Å². The van der Waals surface area contributed by atoms with Gasteiger partial charge in [-0.25, -0.2) is 4.98 Å². The van der Waals surface area contributed by atoms with Crippen molar-refractivity contribution in [2.75, 3.05) is 0 Å². The summed E-state index contributed by atoms with van der Waals surface area (Å²) in [4.78, 5) is 3.97. The van der Waals surface area contributed by atoms with Gasteiger partial charge in [0.2, 0.25) is 0 Å². The van der Waals surface area contributed by atoms with Crippen molar-refractivity contribution in [1.82, 2.24) is 4.98 Å². The molecule has 0 spiro atoms. The first-order chi connectivity index (χ1) is 9.24. The van der Waals surface area contributed by atoms with Crippen molar-refractivity contribution < 1.29 is 17.4 Å². The van der Waals surface area contributed by atoms with E-state index in [9.17, 15) is 8.42 Å². The van der Waals surface area contributed by atoms with Crippen molar-refractivity contribution in [3.8, 4) is 0 Å². The number of aryl methyl sites for hydroxylation is 3. The van der Waals surface area contributed by atoms with Gasteiger partial charge in [0.05, 0.1) is 17.1 Å². The van der Waals surface area contributed by atoms with Gasteiger partial charge in [0.15, 0.2) is 5.89 Å². The van der Waals surface area contributed by atoms with E-state index < -0.39 is 10.1 Å². The average Bonchev–Trinajstić information content (AvgIpc) is 2.68. The molecule has 0 aliphatic heterocycles. The van der Waals surface area contributed by atoms with Crippen LogP contribution in [0, 0.1) is 20.8 Å². The molecule has 20 heavy (non-hydrogen) atoms. The Hall–Kier alpha value is -1.70. The van der Waals surface area contributed by atoms with Gasteiger partial charge in [0.25, 0.3) is 10.1 Å². The van der Waals surface area contributed by atoms with Gasteiger partial charge in [-0.15, -0.1) is 0 Å². The predicted octanol–water partition coefficient (Wildman–Crippen LogP) is 1.99. The second kappa shape index (κ2) is 6.65. The molecule has 3 N–H and O–H groups in total. The lowest BCUT2D eigenvalue weighted by atomic mass is 10.2. The molecule has 1 aromatic heterocycles. The quantitative estimate of drug-likeness (QED) is 0.821. The maximum atomic E-state index is 10.5. The molecule has 0 unspecified atom stereocenters. The molecule has 0 aliphatic rings. The second-order valence-corrected chi connectivity index (χ2v) is 5.66. The Bertz CT molecular complexity index is 660. The number of rotatable bonds is 2. The van der Waals surface area contributed by atoms with Crippen LogP contribution in [-0.2, 0) is 16.7 Å². The maximum Gasteiger partial charge on any atom is 0.294 e. The molecule has 0 aliphatic carbocycles. The summed E-state index contributed by atoms with van der Waals surface area (Å²) in [6.07, 6.45) is 0. The number of nitrogens with two attached hydrogens (primary N) is 1. The normalized spacial score (nSPS) is 10.8. The van der Waals surface area contributed by atoms with Crippen LogP contribution in [0.15, 0.2) is 33.6 Å². The van der Waals surface area contributed by atoms with Crippen molar-refractivity contribution in [3.05, 3.63) is 47.2 Å². The molecule has 0 amide bonds. The smallest absolute Gasteiger partial charge is 0.294 e. The van der Waals surface area contributed by atoms with Crippen molar-refractivity contribution in [1.29, 1.82) is 0 Å². The largest absolute Gasteiger partial charge is 0.444 e. The van der Waals surface area contributed by atoms with E-state index in [1.165, 1.54) is 12.1 Å². The number of nitrogens with zero attached hydrogens (tertiary/aromatic N) is 1. The summed E-state index contributed by atoms with van der Waals surface area (Å²) < 4.78 is 34.7. The lowest BCUT2D eigenvalue weighted by molar-refractivity contribution is 0.475. The van der Waals surface area contributed by atoms with Crippen molar-refractivity contribution in [2.45, 2.75) is 32.2 Å². The third-order valence-corrected chi connectivity index (χ3v) is 3.37. The third-order valence-electron chi connectivity index (χ3n) is 2.50. The van der Waals surface area contributed by atoms with E-state index in [0.717, 1.165) is 17.0 Å². The molecule has 1 heterocycles. The molecule has 2 aromatic rings. The molecule has 0 saturated heterocycles. The van der Waals surface area contributed by atoms with Crippen LogP contribution in [0.4, 0.5) is 0 Å². The summed E-state index contributed by atoms with van der Waals surface area (Å²) >= 11 is 0. The van der Waals surface area contributed by atoms with Gasteiger partial charge in [-0.1, -0.05) is 17.7 Å². The highest BCUT2D eigenvalue weighted by Crippen LogP contribution is 2.08. The summed E-state index contributed by atoms with van der Waals surface area (Å²) in [5, 5.41) is 0. The summed E-state index contributed by atoms with van der Waals surface area (Å²) in [6, 6.07) is 5.99. The van der Waals surface area contributed by atoms with E-state index >= 15 is 0 Å². The van der Waals surface area contributed by atoms with Crippen LogP contribution in [-0.4, -0.2) is 18.0 Å². The second-order valence-electron chi connectivity index (χ2n) is 4.23. The van der Waals surface area contributed by atoms with E-state index in [0.29, 0.717) is 12.4 Å². The number of aromatic nitrogens is 1. The first kappa shape index (κ1) is 16.4. The molecule has 0 bridgehead atoms. The molecule has 1 aromatic carbocycles. The fourth-order valence-corrected chi connectivity index (χ4v) is 1.95. The fraction of sp³-hybridized carbons (Fsp3) is 0.308. The molecule has 0 saturated carbocycles. The Labute approximate surface area is 118 Å². The topological polar surface area (TPSA) is 106 Å². The molecule has 110 valence electrons. The highest BCUT2D eigenvalue weighted by atomic mass is 32.2. The zero-order chi connectivity index (χ0) is 15.3. The Morgan fingerprint density at radius 2 is 1.75 bits per heavy atom.